The minimum Gasteiger partial charge on any atom is -0.481 e. The van der Waals surface area contributed by atoms with Gasteiger partial charge in [-0.3, -0.25) is 9.59 Å². The Morgan fingerprint density at radius 3 is 1.00 bits per heavy atom. The molecule has 0 radical (unpaired) electrons. The standard InChI is InChI=1S/C12H20O4/c1-9(2)10(3,4)12(6,8(15)16)11(9,5)7(13)14/h1-6H3,(H,13,14)(H,15,16). The molecule has 1 rings (SSSR count). The summed E-state index contributed by atoms with van der Waals surface area (Å²) in [6.45, 7) is 10.4. The predicted octanol–water partition coefficient (Wildman–Crippen LogP) is 2.23. The highest BCUT2D eigenvalue weighted by Gasteiger charge is 2.82. The monoisotopic (exact) mass is 228 g/mol. The van der Waals surface area contributed by atoms with Crippen molar-refractivity contribution in [1.82, 2.24) is 0 Å². The molecule has 1 fully saturated rings. The molecule has 0 aliphatic heterocycles. The third-order valence-electron chi connectivity index (χ3n) is 5.92. The zero-order valence-corrected chi connectivity index (χ0v) is 10.7. The molecule has 0 spiro atoms. The second kappa shape index (κ2) is 2.79. The largest absolute Gasteiger partial charge is 0.481 e. The molecular formula is C12H20O4. The van der Waals surface area contributed by atoms with Gasteiger partial charge in [-0.25, -0.2) is 0 Å². The van der Waals surface area contributed by atoms with E-state index in [4.69, 9.17) is 0 Å². The Kier molecular flexibility index (Phi) is 2.27. The normalized spacial score (nSPS) is 39.9. The van der Waals surface area contributed by atoms with Gasteiger partial charge in [-0.05, 0) is 24.7 Å². The van der Waals surface area contributed by atoms with Crippen LogP contribution in [0.15, 0.2) is 0 Å². The topological polar surface area (TPSA) is 74.6 Å². The molecule has 0 aromatic rings. The highest BCUT2D eigenvalue weighted by atomic mass is 16.4. The summed E-state index contributed by atoms with van der Waals surface area (Å²) in [6, 6.07) is 0. The number of rotatable bonds is 2. The zero-order chi connectivity index (χ0) is 13.2. The first kappa shape index (κ1) is 13.0. The van der Waals surface area contributed by atoms with Crippen molar-refractivity contribution < 1.29 is 19.8 Å². The van der Waals surface area contributed by atoms with Gasteiger partial charge in [0.1, 0.15) is 0 Å². The molecule has 2 atom stereocenters. The van der Waals surface area contributed by atoms with E-state index in [9.17, 15) is 19.8 Å². The Hall–Kier alpha value is -1.06. The van der Waals surface area contributed by atoms with Gasteiger partial charge in [0.25, 0.3) is 0 Å². The van der Waals surface area contributed by atoms with Gasteiger partial charge in [-0.2, -0.15) is 0 Å². The Morgan fingerprint density at radius 1 is 0.688 bits per heavy atom. The molecule has 92 valence electrons. The summed E-state index contributed by atoms with van der Waals surface area (Å²) >= 11 is 0. The summed E-state index contributed by atoms with van der Waals surface area (Å²) in [5, 5.41) is 18.8. The highest BCUT2D eigenvalue weighted by Crippen LogP contribution is 2.77. The van der Waals surface area contributed by atoms with Gasteiger partial charge in [0.15, 0.2) is 0 Å². The van der Waals surface area contributed by atoms with Crippen molar-refractivity contribution >= 4 is 11.9 Å². The molecule has 0 amide bonds. The minimum absolute atomic E-state index is 0.570. The van der Waals surface area contributed by atoms with Crippen molar-refractivity contribution in [1.29, 1.82) is 0 Å². The molecule has 1 aliphatic carbocycles. The molecular weight excluding hydrogens is 208 g/mol. The van der Waals surface area contributed by atoms with E-state index in [0.29, 0.717) is 0 Å². The second-order valence-electron chi connectivity index (χ2n) is 6.11. The van der Waals surface area contributed by atoms with Crippen molar-refractivity contribution in [3.8, 4) is 0 Å². The highest BCUT2D eigenvalue weighted by molar-refractivity contribution is 5.90. The van der Waals surface area contributed by atoms with Gasteiger partial charge in [0.2, 0.25) is 0 Å². The molecule has 0 aromatic carbocycles. The molecule has 1 aliphatic rings. The maximum atomic E-state index is 11.5. The molecule has 0 aromatic heterocycles. The smallest absolute Gasteiger partial charge is 0.311 e. The van der Waals surface area contributed by atoms with Gasteiger partial charge in [-0.15, -0.1) is 0 Å². The van der Waals surface area contributed by atoms with Gasteiger partial charge in [0, 0.05) is 0 Å². The van der Waals surface area contributed by atoms with Gasteiger partial charge >= 0.3 is 11.9 Å². The van der Waals surface area contributed by atoms with Crippen LogP contribution in [0.1, 0.15) is 41.5 Å². The van der Waals surface area contributed by atoms with Crippen molar-refractivity contribution in [3.05, 3.63) is 0 Å². The summed E-state index contributed by atoms with van der Waals surface area (Å²) < 4.78 is 0. The Labute approximate surface area is 95.7 Å². The van der Waals surface area contributed by atoms with Gasteiger partial charge in [-0.1, -0.05) is 27.7 Å². The maximum absolute atomic E-state index is 11.5. The molecule has 0 bridgehead atoms. The second-order valence-corrected chi connectivity index (χ2v) is 6.11. The molecule has 2 unspecified atom stereocenters. The maximum Gasteiger partial charge on any atom is 0.311 e. The van der Waals surface area contributed by atoms with Crippen LogP contribution in [0.5, 0.6) is 0 Å². The lowest BCUT2D eigenvalue weighted by atomic mass is 9.27. The lowest BCUT2D eigenvalue weighted by Crippen LogP contribution is -2.78. The van der Waals surface area contributed by atoms with Crippen molar-refractivity contribution in [3.63, 3.8) is 0 Å². The molecule has 4 nitrogen and oxygen atoms in total. The van der Waals surface area contributed by atoms with Crippen LogP contribution in [0.2, 0.25) is 0 Å². The van der Waals surface area contributed by atoms with Crippen LogP contribution in [-0.4, -0.2) is 22.2 Å². The number of carboxylic acids is 2. The van der Waals surface area contributed by atoms with Crippen LogP contribution in [0, 0.1) is 21.7 Å². The van der Waals surface area contributed by atoms with Crippen molar-refractivity contribution in [2.24, 2.45) is 21.7 Å². The third kappa shape index (κ3) is 0.837. The van der Waals surface area contributed by atoms with Crippen molar-refractivity contribution in [2.75, 3.05) is 0 Å². The number of aliphatic carboxylic acids is 2. The first-order valence-electron chi connectivity index (χ1n) is 5.36. The number of carboxylic acid groups (broad SMARTS) is 2. The molecule has 0 heterocycles. The molecule has 1 saturated carbocycles. The Morgan fingerprint density at radius 2 is 0.875 bits per heavy atom. The lowest BCUT2D eigenvalue weighted by Gasteiger charge is -2.73. The third-order valence-corrected chi connectivity index (χ3v) is 5.92. The average Bonchev–Trinajstić information content (AvgIpc) is 2.12. The molecule has 16 heavy (non-hydrogen) atoms. The number of hydrogen-bond acceptors (Lipinski definition) is 2. The van der Waals surface area contributed by atoms with Crippen LogP contribution < -0.4 is 0 Å². The van der Waals surface area contributed by atoms with E-state index in [-0.39, 0.29) is 0 Å². The Bertz CT molecular complexity index is 333. The Balaban J connectivity index is 3.51. The summed E-state index contributed by atoms with van der Waals surface area (Å²) in [5.41, 5.74) is -3.65. The molecule has 2 N–H and O–H groups in total. The summed E-state index contributed by atoms with van der Waals surface area (Å²) in [5.74, 6) is -2.08. The molecule has 4 heteroatoms. The minimum atomic E-state index is -1.25. The van der Waals surface area contributed by atoms with Crippen LogP contribution in [0.4, 0.5) is 0 Å². The first-order valence-corrected chi connectivity index (χ1v) is 5.36. The van der Waals surface area contributed by atoms with Gasteiger partial charge < -0.3 is 10.2 Å². The first-order chi connectivity index (χ1) is 6.89. The van der Waals surface area contributed by atoms with E-state index in [1.165, 1.54) is 13.8 Å². The number of carbonyl (C=O) groups is 2. The van der Waals surface area contributed by atoms with Crippen LogP contribution in [-0.2, 0) is 9.59 Å². The summed E-state index contributed by atoms with van der Waals surface area (Å²) in [6.07, 6.45) is 0. The zero-order valence-electron chi connectivity index (χ0n) is 10.7. The van der Waals surface area contributed by atoms with E-state index in [1.807, 2.05) is 27.7 Å². The lowest BCUT2D eigenvalue weighted by molar-refractivity contribution is -0.289. The van der Waals surface area contributed by atoms with Crippen molar-refractivity contribution in [2.45, 2.75) is 41.5 Å². The predicted molar refractivity (Wildman–Crippen MR) is 59.0 cm³/mol. The van der Waals surface area contributed by atoms with E-state index in [1.54, 1.807) is 0 Å². The van der Waals surface area contributed by atoms with E-state index < -0.39 is 33.6 Å². The quantitative estimate of drug-likeness (QED) is 0.760. The average molecular weight is 228 g/mol. The van der Waals surface area contributed by atoms with E-state index >= 15 is 0 Å². The SMILES string of the molecule is CC1(C)C(C)(C)C(C)(C(=O)O)C1(C)C(=O)O. The number of hydrogen-bond donors (Lipinski definition) is 2. The fourth-order valence-corrected chi connectivity index (χ4v) is 3.40. The molecule has 0 saturated heterocycles. The fraction of sp³-hybridized carbons (Fsp3) is 0.833. The van der Waals surface area contributed by atoms with Crippen LogP contribution >= 0.6 is 0 Å². The summed E-state index contributed by atoms with van der Waals surface area (Å²) in [4.78, 5) is 22.9. The van der Waals surface area contributed by atoms with E-state index in [0.717, 1.165) is 0 Å². The van der Waals surface area contributed by atoms with Crippen LogP contribution in [0.25, 0.3) is 0 Å². The fourth-order valence-electron chi connectivity index (χ4n) is 3.40. The van der Waals surface area contributed by atoms with Crippen LogP contribution in [0.3, 0.4) is 0 Å². The van der Waals surface area contributed by atoms with E-state index in [2.05, 4.69) is 0 Å². The van der Waals surface area contributed by atoms with Gasteiger partial charge in [0.05, 0.1) is 10.8 Å². The summed E-state index contributed by atoms with van der Waals surface area (Å²) in [7, 11) is 0.